The van der Waals surface area contributed by atoms with Crippen LogP contribution in [0.3, 0.4) is 0 Å². The summed E-state index contributed by atoms with van der Waals surface area (Å²) in [6.07, 6.45) is 4.90. The highest BCUT2D eigenvalue weighted by molar-refractivity contribution is 5.17. The van der Waals surface area contributed by atoms with E-state index >= 15 is 0 Å². The Bertz CT molecular complexity index is 347. The molecular weight excluding hydrogens is 213 g/mol. The van der Waals surface area contributed by atoms with Gasteiger partial charge in [-0.25, -0.2) is 4.39 Å². The first-order chi connectivity index (χ1) is 8.29. The Labute approximate surface area is 103 Å². The van der Waals surface area contributed by atoms with Crippen LogP contribution in [-0.4, -0.2) is 13.1 Å². The maximum Gasteiger partial charge on any atom is 0.123 e. The lowest BCUT2D eigenvalue weighted by atomic mass is 9.94. The van der Waals surface area contributed by atoms with Gasteiger partial charge in [-0.1, -0.05) is 19.1 Å². The Morgan fingerprint density at radius 2 is 2.24 bits per heavy atom. The van der Waals surface area contributed by atoms with Crippen molar-refractivity contribution in [3.8, 4) is 0 Å². The molecule has 1 saturated carbocycles. The average Bonchev–Trinajstić information content (AvgIpc) is 3.12. The van der Waals surface area contributed by atoms with Crippen molar-refractivity contribution in [2.24, 2.45) is 11.8 Å². The summed E-state index contributed by atoms with van der Waals surface area (Å²) in [6, 6.07) is 7.05. The lowest BCUT2D eigenvalue weighted by Gasteiger charge is -2.17. The third-order valence-corrected chi connectivity index (χ3v) is 3.51. The summed E-state index contributed by atoms with van der Waals surface area (Å²) in [4.78, 5) is 0. The van der Waals surface area contributed by atoms with Crippen molar-refractivity contribution in [2.75, 3.05) is 13.1 Å². The third-order valence-electron chi connectivity index (χ3n) is 3.51. The predicted molar refractivity (Wildman–Crippen MR) is 69.5 cm³/mol. The van der Waals surface area contributed by atoms with Crippen LogP contribution in [0.5, 0.6) is 0 Å². The minimum absolute atomic E-state index is 0.112. The van der Waals surface area contributed by atoms with E-state index in [0.29, 0.717) is 5.92 Å². The van der Waals surface area contributed by atoms with Crippen molar-refractivity contribution in [3.05, 3.63) is 35.6 Å². The topological polar surface area (TPSA) is 12.0 Å². The zero-order valence-corrected chi connectivity index (χ0v) is 10.6. The predicted octanol–water partition coefficient (Wildman–Crippen LogP) is 3.39. The van der Waals surface area contributed by atoms with E-state index in [4.69, 9.17) is 0 Å². The van der Waals surface area contributed by atoms with Crippen LogP contribution < -0.4 is 5.32 Å². The highest BCUT2D eigenvalue weighted by Crippen LogP contribution is 2.38. The van der Waals surface area contributed by atoms with Crippen LogP contribution in [0, 0.1) is 17.7 Å². The normalized spacial score (nSPS) is 17.1. The molecule has 1 aliphatic carbocycles. The Kier molecular flexibility index (Phi) is 4.55. The van der Waals surface area contributed by atoms with Crippen molar-refractivity contribution in [3.63, 3.8) is 0 Å². The fraction of sp³-hybridized carbons (Fsp3) is 0.600. The standard InChI is InChI=1S/C15H22FN/c1-2-8-17-11-14(13-6-7-13)9-12-4-3-5-15(16)10-12/h3-5,10,13-14,17H,2,6-9,11H2,1H3. The van der Waals surface area contributed by atoms with Gasteiger partial charge >= 0.3 is 0 Å². The van der Waals surface area contributed by atoms with Gasteiger partial charge in [-0.2, -0.15) is 0 Å². The van der Waals surface area contributed by atoms with Gasteiger partial charge < -0.3 is 5.32 Å². The fourth-order valence-corrected chi connectivity index (χ4v) is 2.40. The van der Waals surface area contributed by atoms with Crippen LogP contribution in [0.1, 0.15) is 31.7 Å². The van der Waals surface area contributed by atoms with E-state index in [1.807, 2.05) is 12.1 Å². The van der Waals surface area contributed by atoms with E-state index in [1.54, 1.807) is 6.07 Å². The van der Waals surface area contributed by atoms with E-state index in [2.05, 4.69) is 12.2 Å². The van der Waals surface area contributed by atoms with Crippen molar-refractivity contribution in [2.45, 2.75) is 32.6 Å². The van der Waals surface area contributed by atoms with Crippen LogP contribution in [0.4, 0.5) is 4.39 Å². The molecule has 0 bridgehead atoms. The van der Waals surface area contributed by atoms with Crippen LogP contribution in [0.25, 0.3) is 0 Å². The second kappa shape index (κ2) is 6.15. The molecule has 0 aromatic heterocycles. The number of hydrogen-bond acceptors (Lipinski definition) is 1. The largest absolute Gasteiger partial charge is 0.316 e. The summed E-state index contributed by atoms with van der Waals surface area (Å²) in [5.41, 5.74) is 1.14. The second-order valence-electron chi connectivity index (χ2n) is 5.14. The van der Waals surface area contributed by atoms with Crippen molar-refractivity contribution < 1.29 is 4.39 Å². The van der Waals surface area contributed by atoms with Crippen LogP contribution in [0.2, 0.25) is 0 Å². The molecule has 0 saturated heterocycles. The lowest BCUT2D eigenvalue weighted by molar-refractivity contribution is 0.423. The quantitative estimate of drug-likeness (QED) is 0.714. The van der Waals surface area contributed by atoms with Gasteiger partial charge in [-0.15, -0.1) is 0 Å². The van der Waals surface area contributed by atoms with Gasteiger partial charge in [-0.3, -0.25) is 0 Å². The van der Waals surface area contributed by atoms with Gasteiger partial charge in [0, 0.05) is 0 Å². The molecular formula is C15H22FN. The van der Waals surface area contributed by atoms with Crippen molar-refractivity contribution >= 4 is 0 Å². The highest BCUT2D eigenvalue weighted by atomic mass is 19.1. The average molecular weight is 235 g/mol. The molecule has 1 unspecified atom stereocenters. The molecule has 0 spiro atoms. The molecule has 1 fully saturated rings. The summed E-state index contributed by atoms with van der Waals surface area (Å²) in [7, 11) is 0. The zero-order chi connectivity index (χ0) is 12.1. The van der Waals surface area contributed by atoms with E-state index in [-0.39, 0.29) is 5.82 Å². The first-order valence-corrected chi connectivity index (χ1v) is 6.74. The molecule has 0 heterocycles. The summed E-state index contributed by atoms with van der Waals surface area (Å²) in [6.45, 7) is 4.35. The number of halogens is 1. The number of rotatable bonds is 7. The molecule has 94 valence electrons. The SMILES string of the molecule is CCCNCC(Cc1cccc(F)c1)C1CC1. The number of nitrogens with one attached hydrogen (secondary N) is 1. The van der Waals surface area contributed by atoms with Crippen LogP contribution in [-0.2, 0) is 6.42 Å². The molecule has 0 amide bonds. The smallest absolute Gasteiger partial charge is 0.123 e. The summed E-state index contributed by atoms with van der Waals surface area (Å²) >= 11 is 0. The van der Waals surface area contributed by atoms with Crippen molar-refractivity contribution in [1.29, 1.82) is 0 Å². The van der Waals surface area contributed by atoms with Gasteiger partial charge in [0.15, 0.2) is 0 Å². The minimum Gasteiger partial charge on any atom is -0.316 e. The van der Waals surface area contributed by atoms with Crippen molar-refractivity contribution in [1.82, 2.24) is 5.32 Å². The molecule has 1 atom stereocenters. The maximum absolute atomic E-state index is 13.1. The Morgan fingerprint density at radius 1 is 1.41 bits per heavy atom. The summed E-state index contributed by atoms with van der Waals surface area (Å²) in [5, 5.41) is 3.50. The fourth-order valence-electron chi connectivity index (χ4n) is 2.40. The molecule has 0 aliphatic heterocycles. The molecule has 1 aromatic carbocycles. The molecule has 1 aliphatic rings. The Morgan fingerprint density at radius 3 is 2.88 bits per heavy atom. The van der Waals surface area contributed by atoms with Crippen LogP contribution in [0.15, 0.2) is 24.3 Å². The first kappa shape index (κ1) is 12.6. The van der Waals surface area contributed by atoms with Gasteiger partial charge in [0.25, 0.3) is 0 Å². The Balaban J connectivity index is 1.88. The number of benzene rings is 1. The minimum atomic E-state index is -0.112. The van der Waals surface area contributed by atoms with Crippen LogP contribution >= 0.6 is 0 Å². The van der Waals surface area contributed by atoms with Gasteiger partial charge in [0.1, 0.15) is 5.82 Å². The molecule has 2 heteroatoms. The van der Waals surface area contributed by atoms with Gasteiger partial charge in [-0.05, 0) is 68.3 Å². The highest BCUT2D eigenvalue weighted by Gasteiger charge is 2.30. The van der Waals surface area contributed by atoms with E-state index < -0.39 is 0 Å². The second-order valence-corrected chi connectivity index (χ2v) is 5.14. The maximum atomic E-state index is 13.1. The molecule has 1 aromatic rings. The Hall–Kier alpha value is -0.890. The van der Waals surface area contributed by atoms with Gasteiger partial charge in [0.05, 0.1) is 0 Å². The molecule has 2 rings (SSSR count). The molecule has 1 nitrogen and oxygen atoms in total. The molecule has 1 N–H and O–H groups in total. The lowest BCUT2D eigenvalue weighted by Crippen LogP contribution is -2.26. The number of hydrogen-bond donors (Lipinski definition) is 1. The van der Waals surface area contributed by atoms with E-state index in [9.17, 15) is 4.39 Å². The first-order valence-electron chi connectivity index (χ1n) is 6.74. The molecule has 0 radical (unpaired) electrons. The van der Waals surface area contributed by atoms with E-state index in [0.717, 1.165) is 31.0 Å². The third kappa shape index (κ3) is 4.12. The zero-order valence-electron chi connectivity index (χ0n) is 10.6. The monoisotopic (exact) mass is 235 g/mol. The summed E-state index contributed by atoms with van der Waals surface area (Å²) in [5.74, 6) is 1.43. The van der Waals surface area contributed by atoms with Gasteiger partial charge in [0.2, 0.25) is 0 Å². The summed E-state index contributed by atoms with van der Waals surface area (Å²) < 4.78 is 13.1. The molecule has 17 heavy (non-hydrogen) atoms. The van der Waals surface area contributed by atoms with E-state index in [1.165, 1.54) is 25.3 Å².